The number of ether oxygens (including phenoxy) is 1. The summed E-state index contributed by atoms with van der Waals surface area (Å²) in [6.45, 7) is 14.6. The molecule has 0 aromatic rings. The second kappa shape index (κ2) is 11.8. The van der Waals surface area contributed by atoms with Crippen LogP contribution < -0.4 is 0 Å². The fourth-order valence-corrected chi connectivity index (χ4v) is 5.00. The molecular weight excluding hydrogens is 396 g/mol. The van der Waals surface area contributed by atoms with E-state index in [9.17, 15) is 9.90 Å². The maximum absolute atomic E-state index is 11.4. The number of allylic oxidation sites excluding steroid dienone is 4. The number of hydrogen-bond donors (Lipinski definition) is 1. The predicted octanol–water partition coefficient (Wildman–Crippen LogP) is 7.49. The lowest BCUT2D eigenvalue weighted by atomic mass is 9.78. The Kier molecular flexibility index (Phi) is 9.97. The molecule has 2 rings (SSSR count). The molecule has 1 N–H and O–H groups in total. The van der Waals surface area contributed by atoms with Crippen LogP contribution in [-0.2, 0) is 9.53 Å². The van der Waals surface area contributed by atoms with Gasteiger partial charge in [-0.15, -0.1) is 0 Å². The SMILES string of the molecule is CC(=O)C(C)CCCC(C)(O)CCC/C(C)=C/CCC1(C)CCC2=CC=C(C)C(C)C2O1. The Morgan fingerprint density at radius 1 is 1.31 bits per heavy atom. The highest BCUT2D eigenvalue weighted by molar-refractivity contribution is 5.77. The lowest BCUT2D eigenvalue weighted by Gasteiger charge is -2.44. The van der Waals surface area contributed by atoms with Crippen LogP contribution >= 0.6 is 0 Å². The number of aliphatic hydroxyl groups is 1. The molecule has 0 bridgehead atoms. The monoisotopic (exact) mass is 444 g/mol. The van der Waals surface area contributed by atoms with Gasteiger partial charge in [0, 0.05) is 11.8 Å². The molecule has 0 amide bonds. The molecule has 0 aromatic carbocycles. The van der Waals surface area contributed by atoms with Gasteiger partial charge in [0.2, 0.25) is 0 Å². The fourth-order valence-electron chi connectivity index (χ4n) is 5.00. The molecule has 2 aliphatic rings. The van der Waals surface area contributed by atoms with E-state index in [1.165, 1.54) is 16.7 Å². The van der Waals surface area contributed by atoms with Crippen LogP contribution in [0.2, 0.25) is 0 Å². The van der Waals surface area contributed by atoms with E-state index in [4.69, 9.17) is 4.74 Å². The number of fused-ring (bicyclic) bond motifs is 1. The van der Waals surface area contributed by atoms with Crippen LogP contribution in [0.4, 0.5) is 0 Å². The quantitative estimate of drug-likeness (QED) is 0.317. The molecule has 182 valence electrons. The molecule has 1 aliphatic carbocycles. The van der Waals surface area contributed by atoms with Gasteiger partial charge in [0.25, 0.3) is 0 Å². The third-order valence-electron chi connectivity index (χ3n) is 7.95. The highest BCUT2D eigenvalue weighted by Gasteiger charge is 2.38. The minimum Gasteiger partial charge on any atom is -0.390 e. The molecule has 32 heavy (non-hydrogen) atoms. The summed E-state index contributed by atoms with van der Waals surface area (Å²) in [4.78, 5) is 11.4. The van der Waals surface area contributed by atoms with E-state index < -0.39 is 5.60 Å². The Bertz CT molecular complexity index is 727. The van der Waals surface area contributed by atoms with Crippen molar-refractivity contribution in [1.29, 1.82) is 0 Å². The number of ketones is 1. The maximum atomic E-state index is 11.4. The van der Waals surface area contributed by atoms with E-state index in [-0.39, 0.29) is 23.4 Å². The number of hydrogen-bond acceptors (Lipinski definition) is 3. The molecule has 0 aromatic heterocycles. The largest absolute Gasteiger partial charge is 0.390 e. The first-order chi connectivity index (χ1) is 14.9. The molecule has 0 saturated carbocycles. The van der Waals surface area contributed by atoms with Crippen molar-refractivity contribution in [3.8, 4) is 0 Å². The smallest absolute Gasteiger partial charge is 0.132 e. The lowest BCUT2D eigenvalue weighted by molar-refractivity contribution is -0.120. The van der Waals surface area contributed by atoms with Crippen LogP contribution in [-0.4, -0.2) is 28.2 Å². The summed E-state index contributed by atoms with van der Waals surface area (Å²) in [5.41, 5.74) is 3.63. The number of Topliss-reactive ketones (excluding diaryl/α,β-unsaturated/α-hetero) is 1. The van der Waals surface area contributed by atoms with Gasteiger partial charge >= 0.3 is 0 Å². The standard InChI is InChI=1S/C29H48O3/c1-21(11-8-17-28(6,31)18-10-13-23(3)25(5)30)12-9-19-29(7)20-16-26-15-14-22(2)24(4)27(26)32-29/h12,14-15,23-24,27,31H,8-11,13,16-20H2,1-7H3/b21-12+. The molecule has 5 unspecified atom stereocenters. The summed E-state index contributed by atoms with van der Waals surface area (Å²) in [6.07, 6.45) is 17.0. The van der Waals surface area contributed by atoms with Crippen LogP contribution in [0.1, 0.15) is 113 Å². The highest BCUT2D eigenvalue weighted by Crippen LogP contribution is 2.41. The zero-order valence-electron chi connectivity index (χ0n) is 21.8. The zero-order chi connectivity index (χ0) is 23.9. The fraction of sp³-hybridized carbons (Fsp3) is 0.759. The summed E-state index contributed by atoms with van der Waals surface area (Å²) in [5.74, 6) is 0.829. The van der Waals surface area contributed by atoms with E-state index in [0.29, 0.717) is 5.92 Å². The van der Waals surface area contributed by atoms with E-state index in [1.807, 2.05) is 13.8 Å². The molecule has 1 heterocycles. The Balaban J connectivity index is 1.70. The molecule has 3 nitrogen and oxygen atoms in total. The van der Waals surface area contributed by atoms with Crippen molar-refractivity contribution in [1.82, 2.24) is 0 Å². The summed E-state index contributed by atoms with van der Waals surface area (Å²) in [6, 6.07) is 0. The first-order valence-corrected chi connectivity index (χ1v) is 12.9. The predicted molar refractivity (Wildman–Crippen MR) is 135 cm³/mol. The first kappa shape index (κ1) is 27.1. The summed E-state index contributed by atoms with van der Waals surface area (Å²) >= 11 is 0. The van der Waals surface area contributed by atoms with Crippen LogP contribution in [0.5, 0.6) is 0 Å². The van der Waals surface area contributed by atoms with Crippen molar-refractivity contribution in [3.63, 3.8) is 0 Å². The lowest BCUT2D eigenvalue weighted by Crippen LogP contribution is -2.43. The van der Waals surface area contributed by atoms with Gasteiger partial charge in [-0.25, -0.2) is 0 Å². The second-order valence-corrected chi connectivity index (χ2v) is 11.3. The van der Waals surface area contributed by atoms with Crippen LogP contribution in [0.25, 0.3) is 0 Å². The Morgan fingerprint density at radius 3 is 2.69 bits per heavy atom. The molecule has 1 fully saturated rings. The molecule has 0 spiro atoms. The van der Waals surface area contributed by atoms with Gasteiger partial charge in [0.05, 0.1) is 17.3 Å². The van der Waals surface area contributed by atoms with Crippen molar-refractivity contribution in [2.45, 2.75) is 130 Å². The Morgan fingerprint density at radius 2 is 2.00 bits per heavy atom. The maximum Gasteiger partial charge on any atom is 0.132 e. The van der Waals surface area contributed by atoms with Crippen LogP contribution in [0.15, 0.2) is 34.9 Å². The van der Waals surface area contributed by atoms with Gasteiger partial charge in [-0.2, -0.15) is 0 Å². The number of carbonyl (C=O) groups is 1. The average Bonchev–Trinajstić information content (AvgIpc) is 2.70. The van der Waals surface area contributed by atoms with Crippen molar-refractivity contribution < 1.29 is 14.6 Å². The van der Waals surface area contributed by atoms with E-state index >= 15 is 0 Å². The first-order valence-electron chi connectivity index (χ1n) is 12.9. The molecule has 1 saturated heterocycles. The molecule has 1 aliphatic heterocycles. The van der Waals surface area contributed by atoms with Crippen molar-refractivity contribution >= 4 is 5.78 Å². The Labute approximate surface area is 197 Å². The number of carbonyl (C=O) groups excluding carboxylic acids is 1. The molecule has 5 atom stereocenters. The van der Waals surface area contributed by atoms with Gasteiger partial charge in [-0.3, -0.25) is 4.79 Å². The topological polar surface area (TPSA) is 46.5 Å². The highest BCUT2D eigenvalue weighted by atomic mass is 16.5. The van der Waals surface area contributed by atoms with Crippen LogP contribution in [0.3, 0.4) is 0 Å². The van der Waals surface area contributed by atoms with Gasteiger partial charge < -0.3 is 9.84 Å². The van der Waals surface area contributed by atoms with Crippen molar-refractivity contribution in [3.05, 3.63) is 34.9 Å². The molecule has 3 heteroatoms. The average molecular weight is 445 g/mol. The van der Waals surface area contributed by atoms with E-state index in [1.54, 1.807) is 6.92 Å². The Hall–Kier alpha value is -1.19. The summed E-state index contributed by atoms with van der Waals surface area (Å²) in [7, 11) is 0. The van der Waals surface area contributed by atoms with Gasteiger partial charge in [0.15, 0.2) is 0 Å². The summed E-state index contributed by atoms with van der Waals surface area (Å²) in [5, 5.41) is 10.7. The normalized spacial score (nSPS) is 28.9. The minimum absolute atomic E-state index is 0.0364. The van der Waals surface area contributed by atoms with Gasteiger partial charge in [0.1, 0.15) is 5.78 Å². The zero-order valence-corrected chi connectivity index (χ0v) is 21.8. The third-order valence-corrected chi connectivity index (χ3v) is 7.95. The second-order valence-electron chi connectivity index (χ2n) is 11.3. The molecule has 0 radical (unpaired) electrons. The van der Waals surface area contributed by atoms with Crippen molar-refractivity contribution in [2.24, 2.45) is 11.8 Å². The van der Waals surface area contributed by atoms with E-state index in [2.05, 4.69) is 45.9 Å². The van der Waals surface area contributed by atoms with Gasteiger partial charge in [-0.1, -0.05) is 43.2 Å². The van der Waals surface area contributed by atoms with Gasteiger partial charge in [-0.05, 0) is 104 Å². The van der Waals surface area contributed by atoms with E-state index in [0.717, 1.165) is 64.2 Å². The number of rotatable bonds is 12. The van der Waals surface area contributed by atoms with Crippen molar-refractivity contribution in [2.75, 3.05) is 0 Å². The third kappa shape index (κ3) is 8.30. The minimum atomic E-state index is -0.630. The molecular formula is C29H48O3. The van der Waals surface area contributed by atoms with Crippen LogP contribution in [0, 0.1) is 11.8 Å². The summed E-state index contributed by atoms with van der Waals surface area (Å²) < 4.78 is 6.64.